The number of nitrogens with zero attached hydrogens (tertiary/aromatic N) is 1. The van der Waals surface area contributed by atoms with E-state index in [1.54, 1.807) is 12.1 Å². The average Bonchev–Trinajstić information content (AvgIpc) is 2.37. The zero-order valence-electron chi connectivity index (χ0n) is 10.5. The summed E-state index contributed by atoms with van der Waals surface area (Å²) < 4.78 is 0.885. The Morgan fingerprint density at radius 3 is 2.84 bits per heavy atom. The number of nitrogens with two attached hydrogens (primary N) is 1. The van der Waals surface area contributed by atoms with E-state index in [-0.39, 0.29) is 11.9 Å². The van der Waals surface area contributed by atoms with E-state index in [9.17, 15) is 4.79 Å². The zero-order valence-corrected chi connectivity index (χ0v) is 12.9. The Balaban J connectivity index is 1.89. The monoisotopic (exact) mass is 345 g/mol. The molecular weight excluding hydrogens is 330 g/mol. The van der Waals surface area contributed by atoms with Crippen LogP contribution in [-0.4, -0.2) is 36.5 Å². The highest BCUT2D eigenvalue weighted by Gasteiger charge is 2.18. The summed E-state index contributed by atoms with van der Waals surface area (Å²) >= 11 is 9.39. The molecule has 0 radical (unpaired) electrons. The van der Waals surface area contributed by atoms with Crippen LogP contribution in [0.25, 0.3) is 0 Å². The second kappa shape index (κ2) is 6.70. The van der Waals surface area contributed by atoms with Gasteiger partial charge in [-0.2, -0.15) is 0 Å². The molecule has 0 spiro atoms. The van der Waals surface area contributed by atoms with E-state index < -0.39 is 0 Å². The Morgan fingerprint density at radius 1 is 1.47 bits per heavy atom. The van der Waals surface area contributed by atoms with E-state index >= 15 is 0 Å². The van der Waals surface area contributed by atoms with Gasteiger partial charge in [-0.15, -0.1) is 0 Å². The fourth-order valence-electron chi connectivity index (χ4n) is 2.10. The number of halogens is 2. The minimum Gasteiger partial charge on any atom is -0.328 e. The van der Waals surface area contributed by atoms with E-state index in [0.717, 1.165) is 30.4 Å². The molecular formula is C13H17BrClN3O. The predicted octanol–water partition coefficient (Wildman–Crippen LogP) is 2.46. The number of piperidine rings is 1. The van der Waals surface area contributed by atoms with Gasteiger partial charge in [0.2, 0.25) is 5.91 Å². The molecule has 1 aliphatic rings. The van der Waals surface area contributed by atoms with Crippen molar-refractivity contribution in [3.63, 3.8) is 0 Å². The lowest BCUT2D eigenvalue weighted by Gasteiger charge is -2.29. The number of amides is 1. The molecule has 0 aromatic heterocycles. The molecule has 2 rings (SSSR count). The van der Waals surface area contributed by atoms with Crippen molar-refractivity contribution in [2.75, 3.05) is 25.0 Å². The first kappa shape index (κ1) is 14.8. The number of carbonyl (C=O) groups excluding carboxylic acids is 1. The SMILES string of the molecule is NC1CCN(CC(=O)Nc2cc(Br)ccc2Cl)CC1. The second-order valence-electron chi connectivity index (χ2n) is 4.79. The van der Waals surface area contributed by atoms with Crippen molar-refractivity contribution in [1.29, 1.82) is 0 Å². The van der Waals surface area contributed by atoms with Gasteiger partial charge in [0.15, 0.2) is 0 Å². The summed E-state index contributed by atoms with van der Waals surface area (Å²) in [6.07, 6.45) is 1.90. The van der Waals surface area contributed by atoms with Crippen LogP contribution in [0.5, 0.6) is 0 Å². The molecule has 1 heterocycles. The van der Waals surface area contributed by atoms with Crippen LogP contribution >= 0.6 is 27.5 Å². The smallest absolute Gasteiger partial charge is 0.238 e. The Kier molecular flexibility index (Phi) is 5.21. The third-order valence-corrected chi connectivity index (χ3v) is 4.02. The van der Waals surface area contributed by atoms with Crippen LogP contribution < -0.4 is 11.1 Å². The van der Waals surface area contributed by atoms with Crippen molar-refractivity contribution in [3.8, 4) is 0 Å². The Bertz CT molecular complexity index is 461. The lowest BCUT2D eigenvalue weighted by molar-refractivity contribution is -0.117. The first-order valence-corrected chi connectivity index (χ1v) is 7.44. The molecule has 1 aliphatic heterocycles. The van der Waals surface area contributed by atoms with Crippen LogP contribution in [0.3, 0.4) is 0 Å². The number of rotatable bonds is 3. The molecule has 3 N–H and O–H groups in total. The van der Waals surface area contributed by atoms with Gasteiger partial charge in [-0.1, -0.05) is 27.5 Å². The number of nitrogens with one attached hydrogen (secondary N) is 1. The standard InChI is InChI=1S/C13H17BrClN3O/c14-9-1-2-11(15)12(7-9)17-13(19)8-18-5-3-10(16)4-6-18/h1-2,7,10H,3-6,8,16H2,(H,17,19). The van der Waals surface area contributed by atoms with Crippen LogP contribution in [0, 0.1) is 0 Å². The second-order valence-corrected chi connectivity index (χ2v) is 6.11. The Morgan fingerprint density at radius 2 is 2.16 bits per heavy atom. The first-order chi connectivity index (χ1) is 9.04. The molecule has 1 saturated heterocycles. The summed E-state index contributed by atoms with van der Waals surface area (Å²) in [5.74, 6) is -0.0459. The number of carbonyl (C=O) groups is 1. The molecule has 1 aromatic carbocycles. The van der Waals surface area contributed by atoms with Gasteiger partial charge in [0.25, 0.3) is 0 Å². The first-order valence-electron chi connectivity index (χ1n) is 6.27. The van der Waals surface area contributed by atoms with Gasteiger partial charge in [0.05, 0.1) is 17.3 Å². The molecule has 1 aromatic rings. The fraction of sp³-hybridized carbons (Fsp3) is 0.462. The number of benzene rings is 1. The molecule has 4 nitrogen and oxygen atoms in total. The molecule has 0 unspecified atom stereocenters. The molecule has 0 aliphatic carbocycles. The van der Waals surface area contributed by atoms with Crippen LogP contribution in [0.15, 0.2) is 22.7 Å². The van der Waals surface area contributed by atoms with Crippen molar-refractivity contribution < 1.29 is 4.79 Å². The van der Waals surface area contributed by atoms with Gasteiger partial charge in [-0.3, -0.25) is 9.69 Å². The lowest BCUT2D eigenvalue weighted by Crippen LogP contribution is -2.43. The lowest BCUT2D eigenvalue weighted by atomic mass is 10.1. The highest BCUT2D eigenvalue weighted by molar-refractivity contribution is 9.10. The summed E-state index contributed by atoms with van der Waals surface area (Å²) in [7, 11) is 0. The minimum atomic E-state index is -0.0459. The van der Waals surface area contributed by atoms with Crippen LogP contribution in [0.1, 0.15) is 12.8 Å². The quantitative estimate of drug-likeness (QED) is 0.884. The van der Waals surface area contributed by atoms with Crippen molar-refractivity contribution in [2.24, 2.45) is 5.73 Å². The highest BCUT2D eigenvalue weighted by Crippen LogP contribution is 2.25. The van der Waals surface area contributed by atoms with Crippen molar-refractivity contribution in [1.82, 2.24) is 4.90 Å². The van der Waals surface area contributed by atoms with Crippen molar-refractivity contribution >= 4 is 39.1 Å². The summed E-state index contributed by atoms with van der Waals surface area (Å²) in [6, 6.07) is 5.66. The predicted molar refractivity (Wildman–Crippen MR) is 81.4 cm³/mol. The van der Waals surface area contributed by atoms with Gasteiger partial charge in [-0.05, 0) is 31.0 Å². The van der Waals surface area contributed by atoms with E-state index in [0.29, 0.717) is 17.3 Å². The summed E-state index contributed by atoms with van der Waals surface area (Å²) in [6.45, 7) is 2.14. The Labute approximate surface area is 126 Å². The summed E-state index contributed by atoms with van der Waals surface area (Å²) in [4.78, 5) is 14.1. The number of anilines is 1. The van der Waals surface area contributed by atoms with Crippen molar-refractivity contribution in [3.05, 3.63) is 27.7 Å². The molecule has 104 valence electrons. The zero-order chi connectivity index (χ0) is 13.8. The third kappa shape index (κ3) is 4.45. The normalized spacial score (nSPS) is 17.4. The summed E-state index contributed by atoms with van der Waals surface area (Å²) in [5, 5.41) is 3.37. The minimum absolute atomic E-state index is 0.0459. The maximum atomic E-state index is 12.0. The van der Waals surface area contributed by atoms with E-state index in [2.05, 4.69) is 26.1 Å². The molecule has 0 bridgehead atoms. The van der Waals surface area contributed by atoms with Crippen LogP contribution in [0.4, 0.5) is 5.69 Å². The highest BCUT2D eigenvalue weighted by atomic mass is 79.9. The number of hydrogen-bond donors (Lipinski definition) is 2. The van der Waals surface area contributed by atoms with Gasteiger partial charge in [-0.25, -0.2) is 0 Å². The van der Waals surface area contributed by atoms with E-state index in [4.69, 9.17) is 17.3 Å². The largest absolute Gasteiger partial charge is 0.328 e. The van der Waals surface area contributed by atoms with Gasteiger partial charge < -0.3 is 11.1 Å². The molecule has 1 amide bonds. The molecule has 19 heavy (non-hydrogen) atoms. The summed E-state index contributed by atoms with van der Waals surface area (Å²) in [5.41, 5.74) is 6.47. The van der Waals surface area contributed by atoms with Crippen LogP contribution in [-0.2, 0) is 4.79 Å². The van der Waals surface area contributed by atoms with E-state index in [1.165, 1.54) is 0 Å². The Hall–Kier alpha value is -0.620. The maximum absolute atomic E-state index is 12.0. The van der Waals surface area contributed by atoms with Gasteiger partial charge in [0.1, 0.15) is 0 Å². The van der Waals surface area contributed by atoms with Crippen LogP contribution in [0.2, 0.25) is 5.02 Å². The fourth-order valence-corrected chi connectivity index (χ4v) is 2.62. The molecule has 0 saturated carbocycles. The number of hydrogen-bond acceptors (Lipinski definition) is 3. The third-order valence-electron chi connectivity index (χ3n) is 3.20. The number of likely N-dealkylation sites (tertiary alicyclic amines) is 1. The molecule has 0 atom stereocenters. The van der Waals surface area contributed by atoms with Crippen molar-refractivity contribution in [2.45, 2.75) is 18.9 Å². The average molecular weight is 347 g/mol. The molecule has 6 heteroatoms. The topological polar surface area (TPSA) is 58.4 Å². The molecule has 1 fully saturated rings. The maximum Gasteiger partial charge on any atom is 0.238 e. The van der Waals surface area contributed by atoms with Gasteiger partial charge >= 0.3 is 0 Å². The van der Waals surface area contributed by atoms with E-state index in [1.807, 2.05) is 6.07 Å². The van der Waals surface area contributed by atoms with Gasteiger partial charge in [0, 0.05) is 23.6 Å².